The van der Waals surface area contributed by atoms with Gasteiger partial charge in [0, 0.05) is 16.4 Å². The Morgan fingerprint density at radius 1 is 1.28 bits per heavy atom. The number of rotatable bonds is 5. The van der Waals surface area contributed by atoms with Gasteiger partial charge >= 0.3 is 18.0 Å². The van der Waals surface area contributed by atoms with Gasteiger partial charge in [-0.15, -0.1) is 0 Å². The zero-order valence-electron chi connectivity index (χ0n) is 15.7. The van der Waals surface area contributed by atoms with E-state index in [1.165, 1.54) is 6.20 Å². The average Bonchev–Trinajstić information content (AvgIpc) is 2.89. The van der Waals surface area contributed by atoms with Crippen molar-refractivity contribution in [1.82, 2.24) is 20.7 Å². The van der Waals surface area contributed by atoms with E-state index in [1.807, 2.05) is 13.8 Å². The number of hydrogen-bond acceptors (Lipinski definition) is 4. The van der Waals surface area contributed by atoms with E-state index in [0.29, 0.717) is 11.4 Å². The van der Waals surface area contributed by atoms with Crippen LogP contribution in [0.4, 0.5) is 15.3 Å². The number of anilines is 1. The van der Waals surface area contributed by atoms with E-state index in [-0.39, 0.29) is 12.3 Å². The molecule has 0 radical (unpaired) electrons. The molecule has 11 heteroatoms. The molecule has 1 fully saturated rings. The Labute approximate surface area is 175 Å². The first-order valence-electron chi connectivity index (χ1n) is 8.81. The van der Waals surface area contributed by atoms with E-state index >= 15 is 0 Å². The summed E-state index contributed by atoms with van der Waals surface area (Å²) < 4.78 is 0.847. The summed E-state index contributed by atoms with van der Waals surface area (Å²) in [6, 6.07) is 5.59. The molecule has 154 valence electrons. The van der Waals surface area contributed by atoms with Gasteiger partial charge in [0.15, 0.2) is 0 Å². The number of aliphatic carboxylic acids is 1. The van der Waals surface area contributed by atoms with Crippen LogP contribution in [0, 0.1) is 5.92 Å². The van der Waals surface area contributed by atoms with E-state index < -0.39 is 36.0 Å². The minimum absolute atomic E-state index is 0.109. The molecule has 5 amide bonds. The van der Waals surface area contributed by atoms with Gasteiger partial charge in [-0.3, -0.25) is 9.59 Å². The van der Waals surface area contributed by atoms with Gasteiger partial charge in [0.05, 0.1) is 17.7 Å². The molecule has 10 nitrogen and oxygen atoms in total. The van der Waals surface area contributed by atoms with Crippen LogP contribution in [0.1, 0.15) is 20.3 Å². The predicted octanol–water partition coefficient (Wildman–Crippen LogP) is 2.06. The fraction of sp³-hybridized carbons (Fsp3) is 0.333. The summed E-state index contributed by atoms with van der Waals surface area (Å²) in [6.07, 6.45) is 1.19. The number of nitrogens with zero attached hydrogens (tertiary/aromatic N) is 2. The second kappa shape index (κ2) is 7.74. The summed E-state index contributed by atoms with van der Waals surface area (Å²) in [5, 5.41) is 15.4. The lowest BCUT2D eigenvalue weighted by Crippen LogP contribution is -2.54. The monoisotopic (exact) mass is 465 g/mol. The Kier molecular flexibility index (Phi) is 5.51. The van der Waals surface area contributed by atoms with Crippen LogP contribution in [0.5, 0.6) is 0 Å². The highest BCUT2D eigenvalue weighted by Gasteiger charge is 2.54. The summed E-state index contributed by atoms with van der Waals surface area (Å²) >= 11 is 3.30. The van der Waals surface area contributed by atoms with Crippen LogP contribution in [0.3, 0.4) is 0 Å². The molecule has 0 aliphatic carbocycles. The largest absolute Gasteiger partial charge is 0.480 e. The van der Waals surface area contributed by atoms with E-state index in [4.69, 9.17) is 5.11 Å². The molecule has 2 aliphatic heterocycles. The smallest absolute Gasteiger partial charge is 0.341 e. The van der Waals surface area contributed by atoms with Crippen molar-refractivity contribution in [2.45, 2.75) is 25.8 Å². The highest BCUT2D eigenvalue weighted by atomic mass is 79.9. The van der Waals surface area contributed by atoms with Gasteiger partial charge in [-0.05, 0) is 30.2 Å². The number of halogens is 1. The molecule has 2 heterocycles. The number of benzene rings is 1. The second-order valence-electron chi connectivity index (χ2n) is 7.07. The van der Waals surface area contributed by atoms with Gasteiger partial charge in [0.1, 0.15) is 6.54 Å². The third-order valence-corrected chi connectivity index (χ3v) is 5.39. The SMILES string of the molecule is CC(C)C12CC(=O)N(CC(=O)O)C=C1N(NC(=O)Nc1ccc(Br)cc1)C(=O)N2. The molecule has 3 rings (SSSR count). The van der Waals surface area contributed by atoms with E-state index in [9.17, 15) is 19.2 Å². The fourth-order valence-corrected chi connectivity index (χ4v) is 3.58. The van der Waals surface area contributed by atoms with Crippen LogP contribution in [-0.2, 0) is 9.59 Å². The lowest BCUT2D eigenvalue weighted by Gasteiger charge is -2.39. The number of carbonyl (C=O) groups is 4. The first-order chi connectivity index (χ1) is 13.6. The summed E-state index contributed by atoms with van der Waals surface area (Å²) in [7, 11) is 0. The maximum absolute atomic E-state index is 12.6. The van der Waals surface area contributed by atoms with E-state index in [1.54, 1.807) is 24.3 Å². The molecule has 0 bridgehead atoms. The number of carbonyl (C=O) groups excluding carboxylic acids is 3. The molecule has 1 atom stereocenters. The normalized spacial score (nSPS) is 20.9. The molecular formula is C18H20BrN5O5. The summed E-state index contributed by atoms with van der Waals surface area (Å²) in [5.74, 6) is -1.79. The molecule has 29 heavy (non-hydrogen) atoms. The second-order valence-corrected chi connectivity index (χ2v) is 7.99. The molecule has 0 saturated carbocycles. The van der Waals surface area contributed by atoms with Crippen molar-refractivity contribution in [3.8, 4) is 0 Å². The van der Waals surface area contributed by atoms with Crippen molar-refractivity contribution in [3.05, 3.63) is 40.6 Å². The maximum Gasteiger partial charge on any atom is 0.341 e. The molecule has 1 unspecified atom stereocenters. The highest BCUT2D eigenvalue weighted by molar-refractivity contribution is 9.10. The zero-order chi connectivity index (χ0) is 21.3. The number of urea groups is 2. The van der Waals surface area contributed by atoms with Crippen LogP contribution in [-0.4, -0.2) is 51.0 Å². The molecule has 1 saturated heterocycles. The first kappa shape index (κ1) is 20.6. The average molecular weight is 466 g/mol. The lowest BCUT2D eigenvalue weighted by molar-refractivity contribution is -0.143. The molecular weight excluding hydrogens is 446 g/mol. The molecule has 1 aromatic carbocycles. The Hall–Kier alpha value is -3.08. The predicted molar refractivity (Wildman–Crippen MR) is 106 cm³/mol. The van der Waals surface area contributed by atoms with Gasteiger partial charge in [-0.1, -0.05) is 29.8 Å². The van der Waals surface area contributed by atoms with Gasteiger partial charge in [-0.25, -0.2) is 20.0 Å². The Morgan fingerprint density at radius 3 is 2.52 bits per heavy atom. The highest BCUT2D eigenvalue weighted by Crippen LogP contribution is 2.39. The number of carboxylic acid groups (broad SMARTS) is 1. The maximum atomic E-state index is 12.6. The summed E-state index contributed by atoms with van der Waals surface area (Å²) in [6.45, 7) is 3.13. The van der Waals surface area contributed by atoms with E-state index in [0.717, 1.165) is 14.4 Å². The van der Waals surface area contributed by atoms with Crippen LogP contribution in [0.15, 0.2) is 40.6 Å². The summed E-state index contributed by atoms with van der Waals surface area (Å²) in [4.78, 5) is 49.5. The third-order valence-electron chi connectivity index (χ3n) is 4.87. The summed E-state index contributed by atoms with van der Waals surface area (Å²) in [5.41, 5.74) is 2.26. The van der Waals surface area contributed by atoms with Crippen molar-refractivity contribution in [3.63, 3.8) is 0 Å². The van der Waals surface area contributed by atoms with Gasteiger partial charge < -0.3 is 20.6 Å². The number of carboxylic acids is 1. The van der Waals surface area contributed by atoms with Crippen molar-refractivity contribution in [1.29, 1.82) is 0 Å². The molecule has 0 spiro atoms. The molecule has 2 aliphatic rings. The minimum atomic E-state index is -1.18. The lowest BCUT2D eigenvalue weighted by atomic mass is 9.79. The van der Waals surface area contributed by atoms with E-state index in [2.05, 4.69) is 32.0 Å². The Balaban J connectivity index is 1.86. The van der Waals surface area contributed by atoms with Crippen LogP contribution in [0.2, 0.25) is 0 Å². The van der Waals surface area contributed by atoms with Crippen molar-refractivity contribution >= 4 is 45.6 Å². The molecule has 4 N–H and O–H groups in total. The van der Waals surface area contributed by atoms with Gasteiger partial charge in [0.2, 0.25) is 5.91 Å². The van der Waals surface area contributed by atoms with Crippen molar-refractivity contribution < 1.29 is 24.3 Å². The minimum Gasteiger partial charge on any atom is -0.480 e. The van der Waals surface area contributed by atoms with Gasteiger partial charge in [-0.2, -0.15) is 0 Å². The Morgan fingerprint density at radius 2 is 1.93 bits per heavy atom. The van der Waals surface area contributed by atoms with Crippen LogP contribution in [0.25, 0.3) is 0 Å². The van der Waals surface area contributed by atoms with Gasteiger partial charge in [0.25, 0.3) is 0 Å². The van der Waals surface area contributed by atoms with Crippen LogP contribution < -0.4 is 16.1 Å². The number of amides is 5. The third kappa shape index (κ3) is 4.04. The van der Waals surface area contributed by atoms with Crippen LogP contribution >= 0.6 is 15.9 Å². The molecule has 1 aromatic rings. The topological polar surface area (TPSA) is 131 Å². The quantitative estimate of drug-likeness (QED) is 0.528. The number of fused-ring (bicyclic) bond motifs is 1. The fourth-order valence-electron chi connectivity index (χ4n) is 3.32. The number of hydrazine groups is 1. The molecule has 0 aromatic heterocycles. The van der Waals surface area contributed by atoms with Crippen molar-refractivity contribution in [2.75, 3.05) is 11.9 Å². The number of nitrogens with one attached hydrogen (secondary N) is 3. The van der Waals surface area contributed by atoms with Crippen molar-refractivity contribution in [2.24, 2.45) is 5.92 Å². The Bertz CT molecular complexity index is 900. The number of hydrogen-bond donors (Lipinski definition) is 4. The zero-order valence-corrected chi connectivity index (χ0v) is 17.3. The standard InChI is InChI=1S/C18H20BrN5O5/c1-10(2)18-7-14(25)23(9-15(26)27)8-13(18)24(17(29)21-18)22-16(28)20-12-5-3-11(19)4-6-12/h3-6,8,10H,7,9H2,1-2H3,(H,21,29)(H,26,27)(H2,20,22,28). The first-order valence-corrected chi connectivity index (χ1v) is 9.61.